The van der Waals surface area contributed by atoms with E-state index in [0.29, 0.717) is 23.3 Å². The summed E-state index contributed by atoms with van der Waals surface area (Å²) in [6, 6.07) is 18.8. The van der Waals surface area contributed by atoms with Crippen LogP contribution in [0.2, 0.25) is 0 Å². The molecule has 1 heterocycles. The lowest BCUT2D eigenvalue weighted by Crippen LogP contribution is -2.23. The van der Waals surface area contributed by atoms with Gasteiger partial charge in [-0.05, 0) is 92.8 Å². The van der Waals surface area contributed by atoms with Crippen LogP contribution >= 0.6 is 0 Å². The predicted octanol–water partition coefficient (Wildman–Crippen LogP) is 7.48. The molecule has 0 saturated heterocycles. The highest BCUT2D eigenvalue weighted by atomic mass is 19.1. The number of carbonyl (C=O) groups is 1. The summed E-state index contributed by atoms with van der Waals surface area (Å²) in [4.78, 5) is 16.9. The molecule has 0 saturated carbocycles. The summed E-state index contributed by atoms with van der Waals surface area (Å²) >= 11 is 0. The zero-order valence-corrected chi connectivity index (χ0v) is 22.9. The zero-order chi connectivity index (χ0) is 28.1. The Hall–Kier alpha value is -3.84. The average Bonchev–Trinajstić information content (AvgIpc) is 2.90. The maximum atomic E-state index is 14.8. The predicted molar refractivity (Wildman–Crippen MR) is 150 cm³/mol. The number of fused-ring (bicyclic) bond motifs is 1. The van der Waals surface area contributed by atoms with Gasteiger partial charge < -0.3 is 14.8 Å². The fourth-order valence-corrected chi connectivity index (χ4v) is 4.68. The van der Waals surface area contributed by atoms with Crippen molar-refractivity contribution in [3.8, 4) is 16.9 Å². The lowest BCUT2D eigenvalue weighted by molar-refractivity contribution is -0.147. The standard InChI is InChI=1S/C32H34F2N2O3/c1-19(2)39-32(37)11-10-22-12-24(15-25(33)13-22)29-18-31(36-30-9-7-6-8-28(29)30)21(4)35-20(3)23-14-26(34)17-27(16-23)38-5/h6-9,12-21,35H,10-11H2,1-5H3/t20-,21?/m1/s1. The van der Waals surface area contributed by atoms with E-state index in [9.17, 15) is 13.6 Å². The van der Waals surface area contributed by atoms with E-state index in [1.54, 1.807) is 19.9 Å². The topological polar surface area (TPSA) is 60.5 Å². The van der Waals surface area contributed by atoms with Crippen LogP contribution in [0.15, 0.2) is 66.7 Å². The summed E-state index contributed by atoms with van der Waals surface area (Å²) in [5.41, 5.74) is 4.57. The molecule has 39 heavy (non-hydrogen) atoms. The van der Waals surface area contributed by atoms with Crippen LogP contribution in [-0.4, -0.2) is 24.2 Å². The maximum absolute atomic E-state index is 14.8. The van der Waals surface area contributed by atoms with E-state index in [0.717, 1.165) is 27.7 Å². The van der Waals surface area contributed by atoms with Crippen molar-refractivity contribution in [2.75, 3.05) is 7.11 Å². The summed E-state index contributed by atoms with van der Waals surface area (Å²) in [5, 5.41) is 4.39. The molecule has 0 aliphatic rings. The van der Waals surface area contributed by atoms with Crippen molar-refractivity contribution in [1.82, 2.24) is 10.3 Å². The van der Waals surface area contributed by atoms with Gasteiger partial charge in [-0.3, -0.25) is 9.78 Å². The number of nitrogens with one attached hydrogen (secondary N) is 1. The fraction of sp³-hybridized carbons (Fsp3) is 0.312. The second kappa shape index (κ2) is 12.3. The third kappa shape index (κ3) is 7.18. The Morgan fingerprint density at radius 3 is 2.41 bits per heavy atom. The van der Waals surface area contributed by atoms with E-state index in [1.807, 2.05) is 50.2 Å². The highest BCUT2D eigenvalue weighted by molar-refractivity contribution is 5.94. The van der Waals surface area contributed by atoms with E-state index in [4.69, 9.17) is 14.5 Å². The number of pyridine rings is 1. The molecule has 4 rings (SSSR count). The van der Waals surface area contributed by atoms with Gasteiger partial charge in [0.25, 0.3) is 0 Å². The van der Waals surface area contributed by atoms with E-state index in [-0.39, 0.29) is 42.2 Å². The van der Waals surface area contributed by atoms with Gasteiger partial charge in [0.05, 0.1) is 24.4 Å². The van der Waals surface area contributed by atoms with Crippen LogP contribution in [-0.2, 0) is 16.0 Å². The summed E-state index contributed by atoms with van der Waals surface area (Å²) in [6.07, 6.45) is 0.356. The van der Waals surface area contributed by atoms with Crippen molar-refractivity contribution in [2.24, 2.45) is 0 Å². The van der Waals surface area contributed by atoms with Crippen LogP contribution in [0.3, 0.4) is 0 Å². The maximum Gasteiger partial charge on any atom is 0.306 e. The van der Waals surface area contributed by atoms with E-state index < -0.39 is 0 Å². The van der Waals surface area contributed by atoms with Gasteiger partial charge in [-0.15, -0.1) is 0 Å². The number of carbonyl (C=O) groups excluding carboxylic acids is 1. The molecule has 0 aliphatic heterocycles. The molecule has 0 amide bonds. The van der Waals surface area contributed by atoms with Gasteiger partial charge in [0, 0.05) is 30.0 Å². The van der Waals surface area contributed by atoms with Crippen LogP contribution in [0, 0.1) is 11.6 Å². The van der Waals surface area contributed by atoms with Gasteiger partial charge >= 0.3 is 5.97 Å². The number of aromatic nitrogens is 1. The summed E-state index contributed by atoms with van der Waals surface area (Å²) in [5.74, 6) is -0.590. The number of rotatable bonds is 10. The molecule has 0 spiro atoms. The Bertz CT molecular complexity index is 1470. The molecule has 0 fully saturated rings. The van der Waals surface area contributed by atoms with Crippen LogP contribution in [0.4, 0.5) is 8.78 Å². The molecule has 1 N–H and O–H groups in total. The molecule has 1 unspecified atom stereocenters. The normalized spacial score (nSPS) is 12.9. The van der Waals surface area contributed by atoms with Crippen LogP contribution in [0.5, 0.6) is 5.75 Å². The first-order chi connectivity index (χ1) is 18.6. The first-order valence-corrected chi connectivity index (χ1v) is 13.1. The molecule has 3 aromatic carbocycles. The van der Waals surface area contributed by atoms with Crippen LogP contribution < -0.4 is 10.1 Å². The number of aryl methyl sites for hydroxylation is 1. The monoisotopic (exact) mass is 532 g/mol. The van der Waals surface area contributed by atoms with Crippen molar-refractivity contribution in [3.63, 3.8) is 0 Å². The first-order valence-electron chi connectivity index (χ1n) is 13.1. The molecule has 2 atom stereocenters. The van der Waals surface area contributed by atoms with E-state index in [1.165, 1.54) is 31.4 Å². The average molecular weight is 533 g/mol. The smallest absolute Gasteiger partial charge is 0.306 e. The second-order valence-corrected chi connectivity index (χ2v) is 10.0. The zero-order valence-electron chi connectivity index (χ0n) is 22.9. The van der Waals surface area contributed by atoms with E-state index >= 15 is 0 Å². The van der Waals surface area contributed by atoms with Gasteiger partial charge in [-0.1, -0.05) is 24.3 Å². The minimum absolute atomic E-state index is 0.174. The number of esters is 1. The fourth-order valence-electron chi connectivity index (χ4n) is 4.68. The van der Waals surface area contributed by atoms with Gasteiger partial charge in [0.15, 0.2) is 0 Å². The van der Waals surface area contributed by atoms with Gasteiger partial charge in [0.2, 0.25) is 0 Å². The van der Waals surface area contributed by atoms with Crippen molar-refractivity contribution in [3.05, 3.63) is 95.2 Å². The number of halogens is 2. The highest BCUT2D eigenvalue weighted by Crippen LogP contribution is 2.33. The molecule has 1 aromatic heterocycles. The van der Waals surface area contributed by atoms with Crippen molar-refractivity contribution in [2.45, 2.75) is 58.7 Å². The molecule has 204 valence electrons. The lowest BCUT2D eigenvalue weighted by atomic mass is 9.96. The first kappa shape index (κ1) is 28.2. The molecular weight excluding hydrogens is 498 g/mol. The van der Waals surface area contributed by atoms with E-state index in [2.05, 4.69) is 5.32 Å². The SMILES string of the molecule is COc1cc(F)cc([C@@H](C)NC(C)c2cc(-c3cc(F)cc(CCC(=O)OC(C)C)c3)c3ccccc3n2)c1. The molecule has 0 aliphatic carbocycles. The van der Waals surface area contributed by atoms with Gasteiger partial charge in [-0.25, -0.2) is 8.78 Å². The summed E-state index contributed by atoms with van der Waals surface area (Å²) in [6.45, 7) is 7.55. The number of ether oxygens (including phenoxy) is 2. The third-order valence-electron chi connectivity index (χ3n) is 6.56. The van der Waals surface area contributed by atoms with Crippen molar-refractivity contribution >= 4 is 16.9 Å². The number of benzene rings is 3. The third-order valence-corrected chi connectivity index (χ3v) is 6.56. The minimum atomic E-state index is -0.373. The Labute approximate surface area is 228 Å². The number of para-hydroxylation sites is 1. The molecule has 0 radical (unpaired) electrons. The Morgan fingerprint density at radius 2 is 1.67 bits per heavy atom. The Morgan fingerprint density at radius 1 is 0.923 bits per heavy atom. The minimum Gasteiger partial charge on any atom is -0.497 e. The van der Waals surface area contributed by atoms with Crippen LogP contribution in [0.1, 0.15) is 63.0 Å². The summed E-state index contributed by atoms with van der Waals surface area (Å²) in [7, 11) is 1.51. The number of hydrogen-bond acceptors (Lipinski definition) is 5. The second-order valence-electron chi connectivity index (χ2n) is 10.0. The quantitative estimate of drug-likeness (QED) is 0.215. The van der Waals surface area contributed by atoms with Crippen molar-refractivity contribution in [1.29, 1.82) is 0 Å². The molecule has 4 aromatic rings. The summed E-state index contributed by atoms with van der Waals surface area (Å²) < 4.78 is 39.3. The molecule has 5 nitrogen and oxygen atoms in total. The van der Waals surface area contributed by atoms with Gasteiger partial charge in [0.1, 0.15) is 17.4 Å². The van der Waals surface area contributed by atoms with Crippen LogP contribution in [0.25, 0.3) is 22.0 Å². The number of nitrogens with zero attached hydrogens (tertiary/aromatic N) is 1. The molecule has 0 bridgehead atoms. The Balaban J connectivity index is 1.66. The van der Waals surface area contributed by atoms with Gasteiger partial charge in [-0.2, -0.15) is 0 Å². The number of hydrogen-bond donors (Lipinski definition) is 1. The molecule has 7 heteroatoms. The highest BCUT2D eigenvalue weighted by Gasteiger charge is 2.18. The van der Waals surface area contributed by atoms with Crippen molar-refractivity contribution < 1.29 is 23.0 Å². The Kier molecular flexibility index (Phi) is 8.92. The molecular formula is C32H34F2N2O3. The number of methoxy groups -OCH3 is 1. The largest absolute Gasteiger partial charge is 0.497 e. The lowest BCUT2D eigenvalue weighted by Gasteiger charge is -2.22.